The van der Waals surface area contributed by atoms with Gasteiger partial charge in [-0.15, -0.1) is 0 Å². The van der Waals surface area contributed by atoms with Crippen molar-refractivity contribution < 1.29 is 9.53 Å². The maximum Gasteiger partial charge on any atom is 0.152 e. The van der Waals surface area contributed by atoms with E-state index in [0.29, 0.717) is 25.1 Å². The summed E-state index contributed by atoms with van der Waals surface area (Å²) in [4.78, 5) is 19.3. The standard InChI is InChI=1S/C21H22N4O2/c1-24-10-17(9-23-24)14-2-3-15-8-22-18(5-16(15)4-14)6-20(26)11-25-12-21-7-19(25)13-27-21/h2-5,8-10,19,21H,6-7,11-13H2,1H3/t19-,21-/m1/s1. The molecule has 2 saturated heterocycles. The van der Waals surface area contributed by atoms with Crippen molar-refractivity contribution in [3.63, 3.8) is 0 Å². The second kappa shape index (κ2) is 6.55. The van der Waals surface area contributed by atoms with Gasteiger partial charge in [0.05, 0.1) is 31.9 Å². The summed E-state index contributed by atoms with van der Waals surface area (Å²) in [6.07, 6.45) is 7.49. The molecule has 2 aromatic heterocycles. The highest BCUT2D eigenvalue weighted by molar-refractivity contribution is 5.88. The number of carbonyl (C=O) groups excluding carboxylic acids is 1. The fourth-order valence-corrected chi connectivity index (χ4v) is 4.19. The third kappa shape index (κ3) is 3.26. The number of fused-ring (bicyclic) bond motifs is 3. The lowest BCUT2D eigenvalue weighted by Gasteiger charge is -2.25. The lowest BCUT2D eigenvalue weighted by Crippen LogP contribution is -2.40. The normalized spacial score (nSPS) is 22.0. The Morgan fingerprint density at radius 3 is 2.89 bits per heavy atom. The zero-order valence-corrected chi connectivity index (χ0v) is 15.3. The van der Waals surface area contributed by atoms with Crippen LogP contribution in [0.4, 0.5) is 0 Å². The van der Waals surface area contributed by atoms with Crippen molar-refractivity contribution in [2.24, 2.45) is 7.05 Å². The van der Waals surface area contributed by atoms with E-state index in [-0.39, 0.29) is 5.78 Å². The first kappa shape index (κ1) is 16.6. The molecule has 27 heavy (non-hydrogen) atoms. The van der Waals surface area contributed by atoms with E-state index in [2.05, 4.69) is 33.2 Å². The Kier molecular flexibility index (Phi) is 4.02. The van der Waals surface area contributed by atoms with Gasteiger partial charge in [-0.3, -0.25) is 19.4 Å². The number of nitrogens with zero attached hydrogens (tertiary/aromatic N) is 4. The van der Waals surface area contributed by atoms with Crippen LogP contribution in [0, 0.1) is 0 Å². The average molecular weight is 362 g/mol. The molecule has 0 amide bonds. The van der Waals surface area contributed by atoms with E-state index in [1.54, 1.807) is 4.68 Å². The molecule has 4 heterocycles. The molecular weight excluding hydrogens is 340 g/mol. The summed E-state index contributed by atoms with van der Waals surface area (Å²) >= 11 is 0. The predicted octanol–water partition coefficient (Wildman–Crippen LogP) is 2.22. The molecule has 0 saturated carbocycles. The third-order valence-electron chi connectivity index (χ3n) is 5.59. The molecule has 138 valence electrons. The Morgan fingerprint density at radius 2 is 2.15 bits per heavy atom. The summed E-state index contributed by atoms with van der Waals surface area (Å²) in [6.45, 7) is 2.15. The van der Waals surface area contributed by atoms with E-state index in [4.69, 9.17) is 4.74 Å². The molecule has 2 atom stereocenters. The number of morpholine rings is 1. The maximum absolute atomic E-state index is 12.5. The highest BCUT2D eigenvalue weighted by atomic mass is 16.5. The highest BCUT2D eigenvalue weighted by Gasteiger charge is 2.39. The second-order valence-electron chi connectivity index (χ2n) is 7.63. The molecule has 2 fully saturated rings. The van der Waals surface area contributed by atoms with E-state index in [9.17, 15) is 4.79 Å². The number of Topliss-reactive ketones (excluding diaryl/α,β-unsaturated/α-hetero) is 1. The lowest BCUT2D eigenvalue weighted by molar-refractivity contribution is -0.120. The number of hydrogen-bond acceptors (Lipinski definition) is 5. The molecule has 2 aliphatic heterocycles. The summed E-state index contributed by atoms with van der Waals surface area (Å²) < 4.78 is 7.41. The summed E-state index contributed by atoms with van der Waals surface area (Å²) in [6, 6.07) is 8.74. The first-order chi connectivity index (χ1) is 13.1. The van der Waals surface area contributed by atoms with E-state index < -0.39 is 0 Å². The Labute approximate surface area is 157 Å². The Morgan fingerprint density at radius 1 is 1.22 bits per heavy atom. The molecule has 0 unspecified atom stereocenters. The van der Waals surface area contributed by atoms with Gasteiger partial charge in [-0.05, 0) is 29.5 Å². The van der Waals surface area contributed by atoms with Crippen LogP contribution in [-0.4, -0.2) is 57.3 Å². The van der Waals surface area contributed by atoms with E-state index in [1.165, 1.54) is 0 Å². The van der Waals surface area contributed by atoms with Gasteiger partial charge in [0.2, 0.25) is 0 Å². The molecule has 2 aliphatic rings. The van der Waals surface area contributed by atoms with Crippen LogP contribution in [-0.2, 0) is 23.0 Å². The van der Waals surface area contributed by atoms with Crippen LogP contribution in [0.25, 0.3) is 21.9 Å². The van der Waals surface area contributed by atoms with Gasteiger partial charge < -0.3 is 4.74 Å². The van der Waals surface area contributed by atoms with E-state index >= 15 is 0 Å². The van der Waals surface area contributed by atoms with Gasteiger partial charge in [0.1, 0.15) is 0 Å². The maximum atomic E-state index is 12.5. The van der Waals surface area contributed by atoms with Crippen LogP contribution in [0.3, 0.4) is 0 Å². The number of ketones is 1. The minimum atomic E-state index is 0.220. The molecule has 0 N–H and O–H groups in total. The van der Waals surface area contributed by atoms with E-state index in [1.807, 2.05) is 31.7 Å². The largest absolute Gasteiger partial charge is 0.375 e. The Bertz CT molecular complexity index is 1010. The van der Waals surface area contributed by atoms with Crippen molar-refractivity contribution in [1.29, 1.82) is 0 Å². The minimum absolute atomic E-state index is 0.220. The number of aryl methyl sites for hydroxylation is 1. The molecule has 6 nitrogen and oxygen atoms in total. The van der Waals surface area contributed by atoms with Gasteiger partial charge in [0.15, 0.2) is 5.78 Å². The third-order valence-corrected chi connectivity index (χ3v) is 5.59. The smallest absolute Gasteiger partial charge is 0.152 e. The van der Waals surface area contributed by atoms with E-state index in [0.717, 1.165) is 47.2 Å². The highest BCUT2D eigenvalue weighted by Crippen LogP contribution is 2.28. The van der Waals surface area contributed by atoms with Crippen LogP contribution >= 0.6 is 0 Å². The van der Waals surface area contributed by atoms with Crippen molar-refractivity contribution in [1.82, 2.24) is 19.7 Å². The van der Waals surface area contributed by atoms with Gasteiger partial charge in [-0.2, -0.15) is 5.10 Å². The number of hydrogen-bond donors (Lipinski definition) is 0. The number of carbonyl (C=O) groups is 1. The van der Waals surface area contributed by atoms with Crippen molar-refractivity contribution in [3.8, 4) is 11.1 Å². The van der Waals surface area contributed by atoms with Crippen LogP contribution < -0.4 is 0 Å². The molecule has 6 heteroatoms. The van der Waals surface area contributed by atoms with Crippen LogP contribution in [0.5, 0.6) is 0 Å². The van der Waals surface area contributed by atoms with Gasteiger partial charge in [-0.25, -0.2) is 0 Å². The average Bonchev–Trinajstić information content (AvgIpc) is 3.38. The van der Waals surface area contributed by atoms with Gasteiger partial charge in [0.25, 0.3) is 0 Å². The summed E-state index contributed by atoms with van der Waals surface area (Å²) in [5, 5.41) is 6.42. The van der Waals surface area contributed by atoms with Crippen LogP contribution in [0.2, 0.25) is 0 Å². The first-order valence-electron chi connectivity index (χ1n) is 9.39. The number of rotatable bonds is 5. The molecule has 0 radical (unpaired) electrons. The fourth-order valence-electron chi connectivity index (χ4n) is 4.19. The Balaban J connectivity index is 1.33. The van der Waals surface area contributed by atoms with Crippen molar-refractivity contribution in [3.05, 3.63) is 48.5 Å². The number of likely N-dealkylation sites (tertiary alicyclic amines) is 1. The van der Waals surface area contributed by atoms with Gasteiger partial charge in [-0.1, -0.05) is 12.1 Å². The van der Waals surface area contributed by atoms with Crippen LogP contribution in [0.15, 0.2) is 42.9 Å². The quantitative estimate of drug-likeness (QED) is 0.697. The monoisotopic (exact) mass is 362 g/mol. The lowest BCUT2D eigenvalue weighted by atomic mass is 10.0. The number of aromatic nitrogens is 3. The Hall–Kier alpha value is -2.57. The number of benzene rings is 1. The molecule has 0 spiro atoms. The van der Waals surface area contributed by atoms with Crippen LogP contribution in [0.1, 0.15) is 12.1 Å². The number of ether oxygens (including phenoxy) is 1. The molecule has 3 aromatic rings. The number of pyridine rings is 1. The molecule has 1 aromatic carbocycles. The summed E-state index contributed by atoms with van der Waals surface area (Å²) in [5.41, 5.74) is 3.03. The van der Waals surface area contributed by atoms with Gasteiger partial charge >= 0.3 is 0 Å². The summed E-state index contributed by atoms with van der Waals surface area (Å²) in [7, 11) is 1.91. The first-order valence-corrected chi connectivity index (χ1v) is 9.39. The fraction of sp³-hybridized carbons (Fsp3) is 0.381. The van der Waals surface area contributed by atoms with Crippen molar-refractivity contribution in [2.45, 2.75) is 25.0 Å². The zero-order chi connectivity index (χ0) is 18.4. The topological polar surface area (TPSA) is 60.2 Å². The molecule has 0 aliphatic carbocycles. The van der Waals surface area contributed by atoms with Crippen molar-refractivity contribution in [2.75, 3.05) is 19.7 Å². The summed E-state index contributed by atoms with van der Waals surface area (Å²) in [5.74, 6) is 0.220. The SMILES string of the molecule is Cn1cc(-c2ccc3cnc(CC(=O)CN4C[C@H]5C[C@@H]4CO5)cc3c2)cn1. The zero-order valence-electron chi connectivity index (χ0n) is 15.3. The molecular formula is C21H22N4O2. The second-order valence-corrected chi connectivity index (χ2v) is 7.63. The van der Waals surface area contributed by atoms with Gasteiger partial charge in [0, 0.05) is 48.7 Å². The molecule has 2 bridgehead atoms. The molecule has 5 rings (SSSR count). The minimum Gasteiger partial charge on any atom is -0.375 e. The van der Waals surface area contributed by atoms with Crippen molar-refractivity contribution >= 4 is 16.6 Å². The predicted molar refractivity (Wildman–Crippen MR) is 102 cm³/mol.